The van der Waals surface area contributed by atoms with Crippen LogP contribution in [0.2, 0.25) is 0 Å². The van der Waals surface area contributed by atoms with Crippen LogP contribution in [0.25, 0.3) is 10.2 Å². The number of carbonyl (C=O) groups excluding carboxylic acids is 1. The van der Waals surface area contributed by atoms with E-state index in [0.717, 1.165) is 23.1 Å². The lowest BCUT2D eigenvalue weighted by Crippen LogP contribution is -2.23. The molecule has 2 aromatic rings. The maximum Gasteiger partial charge on any atom is 0.232 e. The van der Waals surface area contributed by atoms with Gasteiger partial charge >= 0.3 is 0 Å². The summed E-state index contributed by atoms with van der Waals surface area (Å²) in [6.07, 6.45) is 4.66. The lowest BCUT2D eigenvalue weighted by atomic mass is 9.97. The first-order valence-corrected chi connectivity index (χ1v) is 8.77. The van der Waals surface area contributed by atoms with Crippen molar-refractivity contribution in [2.24, 2.45) is 0 Å². The Kier molecular flexibility index (Phi) is 4.03. The number of amides is 1. The number of hydrogen-bond donors (Lipinski definition) is 1. The molecule has 0 atom stereocenters. The number of thioether (sulfide) groups is 1. The molecule has 0 fully saturated rings. The summed E-state index contributed by atoms with van der Waals surface area (Å²) in [5.41, 5.74) is 7.49. The van der Waals surface area contributed by atoms with Gasteiger partial charge in [-0.15, -0.1) is 11.3 Å². The molecule has 0 spiro atoms. The summed E-state index contributed by atoms with van der Waals surface area (Å²) < 4.78 is 0. The van der Waals surface area contributed by atoms with Gasteiger partial charge in [-0.25, -0.2) is 9.97 Å². The minimum Gasteiger partial charge on any atom is -0.383 e. The van der Waals surface area contributed by atoms with Gasteiger partial charge in [0.05, 0.1) is 11.1 Å². The highest BCUT2D eigenvalue weighted by Crippen LogP contribution is 2.38. The van der Waals surface area contributed by atoms with Gasteiger partial charge < -0.3 is 10.6 Å². The quantitative estimate of drug-likeness (QED) is 0.693. The summed E-state index contributed by atoms with van der Waals surface area (Å²) in [6.45, 7) is 0. The second-order valence-corrected chi connectivity index (χ2v) is 7.39. The normalized spacial score (nSPS) is 14.2. The van der Waals surface area contributed by atoms with Gasteiger partial charge in [0.15, 0.2) is 5.16 Å². The maximum absolute atomic E-state index is 11.6. The molecule has 112 valence electrons. The minimum absolute atomic E-state index is 0.0488. The van der Waals surface area contributed by atoms with E-state index in [-0.39, 0.29) is 5.91 Å². The van der Waals surface area contributed by atoms with Gasteiger partial charge in [-0.05, 0) is 31.2 Å². The number of nitrogens with zero attached hydrogens (tertiary/aromatic N) is 3. The first-order valence-electron chi connectivity index (χ1n) is 6.97. The van der Waals surface area contributed by atoms with Crippen LogP contribution in [-0.2, 0) is 17.6 Å². The van der Waals surface area contributed by atoms with Crippen molar-refractivity contribution in [1.29, 1.82) is 0 Å². The van der Waals surface area contributed by atoms with Crippen LogP contribution in [-0.4, -0.2) is 40.6 Å². The predicted molar refractivity (Wildman–Crippen MR) is 87.9 cm³/mol. The molecule has 1 amide bonds. The van der Waals surface area contributed by atoms with Crippen molar-refractivity contribution in [3.05, 3.63) is 10.4 Å². The molecule has 0 radical (unpaired) electrons. The summed E-state index contributed by atoms with van der Waals surface area (Å²) in [7, 11) is 3.49. The third kappa shape index (κ3) is 2.85. The van der Waals surface area contributed by atoms with E-state index >= 15 is 0 Å². The number of aryl methyl sites for hydroxylation is 2. The van der Waals surface area contributed by atoms with Crippen LogP contribution < -0.4 is 5.73 Å². The Labute approximate surface area is 131 Å². The number of anilines is 1. The molecule has 7 heteroatoms. The van der Waals surface area contributed by atoms with Crippen LogP contribution in [0.3, 0.4) is 0 Å². The van der Waals surface area contributed by atoms with Crippen molar-refractivity contribution in [3.63, 3.8) is 0 Å². The van der Waals surface area contributed by atoms with Crippen LogP contribution in [0.1, 0.15) is 23.3 Å². The fourth-order valence-corrected chi connectivity index (χ4v) is 4.64. The van der Waals surface area contributed by atoms with E-state index in [1.165, 1.54) is 35.0 Å². The summed E-state index contributed by atoms with van der Waals surface area (Å²) in [5.74, 6) is 0.940. The van der Waals surface area contributed by atoms with Crippen molar-refractivity contribution in [2.75, 3.05) is 25.6 Å². The lowest BCUT2D eigenvalue weighted by Gasteiger charge is -2.11. The van der Waals surface area contributed by atoms with E-state index in [1.807, 2.05) is 0 Å². The van der Waals surface area contributed by atoms with Gasteiger partial charge in [-0.1, -0.05) is 11.8 Å². The SMILES string of the molecule is CN(C)C(=O)CSc1nc(N)c2c3c(sc2n1)CCCC3. The number of carbonyl (C=O) groups is 1. The summed E-state index contributed by atoms with van der Waals surface area (Å²) in [5, 5.41) is 1.63. The molecule has 0 saturated heterocycles. The Morgan fingerprint density at radius 1 is 1.33 bits per heavy atom. The van der Waals surface area contributed by atoms with E-state index in [9.17, 15) is 4.79 Å². The minimum atomic E-state index is 0.0488. The first-order chi connectivity index (χ1) is 10.1. The highest BCUT2D eigenvalue weighted by Gasteiger charge is 2.20. The Hall–Kier alpha value is -1.34. The molecule has 0 aliphatic heterocycles. The Bertz CT molecular complexity index is 696. The number of hydrogen-bond acceptors (Lipinski definition) is 6. The first kappa shape index (κ1) is 14.6. The molecule has 2 aromatic heterocycles. The van der Waals surface area contributed by atoms with Crippen LogP contribution in [0, 0.1) is 0 Å². The van der Waals surface area contributed by atoms with Crippen molar-refractivity contribution >= 4 is 45.0 Å². The summed E-state index contributed by atoms with van der Waals surface area (Å²) in [4.78, 5) is 24.6. The van der Waals surface area contributed by atoms with E-state index in [1.54, 1.807) is 30.3 Å². The van der Waals surface area contributed by atoms with Crippen molar-refractivity contribution < 1.29 is 4.79 Å². The monoisotopic (exact) mass is 322 g/mol. The average molecular weight is 322 g/mol. The van der Waals surface area contributed by atoms with Gasteiger partial charge in [-0.3, -0.25) is 4.79 Å². The fourth-order valence-electron chi connectivity index (χ4n) is 2.49. The summed E-state index contributed by atoms with van der Waals surface area (Å²) >= 11 is 3.07. The van der Waals surface area contributed by atoms with E-state index in [4.69, 9.17) is 5.73 Å². The van der Waals surface area contributed by atoms with E-state index in [2.05, 4.69) is 9.97 Å². The predicted octanol–water partition coefficient (Wildman–Crippen LogP) is 2.33. The van der Waals surface area contributed by atoms with Crippen LogP contribution in [0.15, 0.2) is 5.16 Å². The molecule has 0 aromatic carbocycles. The van der Waals surface area contributed by atoms with Gasteiger partial charge in [0.25, 0.3) is 0 Å². The summed E-state index contributed by atoms with van der Waals surface area (Å²) in [6, 6.07) is 0. The maximum atomic E-state index is 11.6. The molecule has 1 aliphatic carbocycles. The molecule has 0 bridgehead atoms. The molecule has 21 heavy (non-hydrogen) atoms. The molecule has 2 heterocycles. The molecule has 5 nitrogen and oxygen atoms in total. The topological polar surface area (TPSA) is 72.1 Å². The van der Waals surface area contributed by atoms with Gasteiger partial charge in [0.2, 0.25) is 5.91 Å². The number of nitrogens with two attached hydrogens (primary N) is 1. The average Bonchev–Trinajstić information content (AvgIpc) is 2.83. The fraction of sp³-hybridized carbons (Fsp3) is 0.500. The standard InChI is InChI=1S/C14H18N4OS2/c1-18(2)10(19)7-20-14-16-12(15)11-8-5-3-4-6-9(8)21-13(11)17-14/h3-7H2,1-2H3,(H2,15,16,17). The molecule has 3 rings (SSSR count). The second-order valence-electron chi connectivity index (χ2n) is 5.36. The number of rotatable bonds is 3. The smallest absolute Gasteiger partial charge is 0.232 e. The molecule has 2 N–H and O–H groups in total. The highest BCUT2D eigenvalue weighted by atomic mass is 32.2. The highest BCUT2D eigenvalue weighted by molar-refractivity contribution is 7.99. The zero-order chi connectivity index (χ0) is 15.0. The van der Waals surface area contributed by atoms with Crippen LogP contribution in [0.5, 0.6) is 0 Å². The zero-order valence-corrected chi connectivity index (χ0v) is 13.8. The van der Waals surface area contributed by atoms with E-state index in [0.29, 0.717) is 16.7 Å². The third-order valence-corrected chi connectivity index (χ3v) is 5.66. The Balaban J connectivity index is 1.91. The molecule has 0 unspecified atom stereocenters. The van der Waals surface area contributed by atoms with Crippen molar-refractivity contribution in [1.82, 2.24) is 14.9 Å². The third-order valence-electron chi connectivity index (χ3n) is 3.65. The Morgan fingerprint density at radius 2 is 2.10 bits per heavy atom. The molecule has 1 aliphatic rings. The van der Waals surface area contributed by atoms with Crippen LogP contribution in [0.4, 0.5) is 5.82 Å². The van der Waals surface area contributed by atoms with Crippen LogP contribution >= 0.6 is 23.1 Å². The molecular formula is C14H18N4OS2. The second kappa shape index (κ2) is 5.81. The Morgan fingerprint density at radius 3 is 2.86 bits per heavy atom. The van der Waals surface area contributed by atoms with E-state index < -0.39 is 0 Å². The van der Waals surface area contributed by atoms with Gasteiger partial charge in [-0.2, -0.15) is 0 Å². The number of nitrogen functional groups attached to an aromatic ring is 1. The van der Waals surface area contributed by atoms with Gasteiger partial charge in [0, 0.05) is 19.0 Å². The lowest BCUT2D eigenvalue weighted by molar-refractivity contribution is -0.125. The number of fused-ring (bicyclic) bond motifs is 3. The number of thiophene rings is 1. The largest absolute Gasteiger partial charge is 0.383 e. The zero-order valence-electron chi connectivity index (χ0n) is 12.2. The number of aromatic nitrogens is 2. The van der Waals surface area contributed by atoms with Crippen molar-refractivity contribution in [3.8, 4) is 0 Å². The molecule has 0 saturated carbocycles. The van der Waals surface area contributed by atoms with Gasteiger partial charge in [0.1, 0.15) is 10.6 Å². The molecular weight excluding hydrogens is 304 g/mol. The van der Waals surface area contributed by atoms with Crippen molar-refractivity contribution in [2.45, 2.75) is 30.8 Å².